The Hall–Kier alpha value is -2.08. The lowest BCUT2D eigenvalue weighted by atomic mass is 9.99. The zero-order valence-corrected chi connectivity index (χ0v) is 15.7. The average molecular weight is 359 g/mol. The van der Waals surface area contributed by atoms with E-state index >= 15 is 0 Å². The maximum absolute atomic E-state index is 11.9. The number of urea groups is 1. The fourth-order valence-electron chi connectivity index (χ4n) is 2.94. The molecule has 0 aliphatic carbocycles. The van der Waals surface area contributed by atoms with E-state index in [1.165, 1.54) is 17.7 Å². The van der Waals surface area contributed by atoms with Crippen molar-refractivity contribution in [2.45, 2.75) is 39.8 Å². The number of carbonyl (C=O) groups is 1. The highest BCUT2D eigenvalue weighted by molar-refractivity contribution is 7.11. The second-order valence-electron chi connectivity index (χ2n) is 6.74. The molecule has 3 rings (SSSR count). The van der Waals surface area contributed by atoms with Crippen molar-refractivity contribution in [1.29, 1.82) is 0 Å². The Bertz CT molecular complexity index is 690. The molecule has 0 aromatic carbocycles. The Labute approximate surface area is 153 Å². The minimum absolute atomic E-state index is 0.153. The molecular weight excluding hydrogens is 332 g/mol. The molecule has 5 nitrogen and oxygen atoms in total. The highest BCUT2D eigenvalue weighted by Crippen LogP contribution is 2.21. The van der Waals surface area contributed by atoms with Gasteiger partial charge in [0.05, 0.1) is 6.54 Å². The van der Waals surface area contributed by atoms with Crippen LogP contribution in [0, 0.1) is 12.8 Å². The highest BCUT2D eigenvalue weighted by atomic mass is 32.1. The van der Waals surface area contributed by atoms with Crippen molar-refractivity contribution in [3.63, 3.8) is 0 Å². The van der Waals surface area contributed by atoms with Crippen molar-refractivity contribution in [3.8, 4) is 0 Å². The number of hydrogen-bond acceptors (Lipinski definition) is 4. The summed E-state index contributed by atoms with van der Waals surface area (Å²) in [5, 5.41) is 5.76. The van der Waals surface area contributed by atoms with Crippen LogP contribution in [-0.2, 0) is 13.1 Å². The second kappa shape index (κ2) is 8.34. The molecule has 1 fully saturated rings. The highest BCUT2D eigenvalue weighted by Gasteiger charge is 2.16. The normalized spacial score (nSPS) is 15.2. The summed E-state index contributed by atoms with van der Waals surface area (Å²) in [7, 11) is 0. The van der Waals surface area contributed by atoms with E-state index in [0.29, 0.717) is 13.1 Å². The summed E-state index contributed by atoms with van der Waals surface area (Å²) in [6.45, 7) is 7.58. The standard InChI is InChI=1S/C19H26N4OS/c1-14-7-9-23(10-8-14)18-6-4-16(11-20-18)12-21-19(24)22-13-17-5-3-15(2)25-17/h3-6,11,14H,7-10,12-13H2,1-2H3,(H2,21,22,24). The monoisotopic (exact) mass is 358 g/mol. The van der Waals surface area contributed by atoms with Crippen LogP contribution in [0.5, 0.6) is 0 Å². The fraction of sp³-hybridized carbons (Fsp3) is 0.474. The number of thiophene rings is 1. The van der Waals surface area contributed by atoms with Gasteiger partial charge in [-0.15, -0.1) is 11.3 Å². The molecule has 2 aromatic rings. The number of carbonyl (C=O) groups excluding carboxylic acids is 1. The van der Waals surface area contributed by atoms with E-state index in [9.17, 15) is 4.79 Å². The van der Waals surface area contributed by atoms with Crippen LogP contribution >= 0.6 is 11.3 Å². The Morgan fingerprint density at radius 1 is 1.20 bits per heavy atom. The quantitative estimate of drug-likeness (QED) is 0.857. The summed E-state index contributed by atoms with van der Waals surface area (Å²) in [5.74, 6) is 1.85. The number of rotatable bonds is 5. The molecule has 1 aliphatic heterocycles. The maximum Gasteiger partial charge on any atom is 0.315 e. The molecule has 25 heavy (non-hydrogen) atoms. The van der Waals surface area contributed by atoms with Gasteiger partial charge in [-0.05, 0) is 49.4 Å². The van der Waals surface area contributed by atoms with Crippen molar-refractivity contribution in [2.24, 2.45) is 5.92 Å². The van der Waals surface area contributed by atoms with E-state index in [4.69, 9.17) is 0 Å². The van der Waals surface area contributed by atoms with Gasteiger partial charge in [0.1, 0.15) is 5.82 Å². The minimum Gasteiger partial charge on any atom is -0.357 e. The first-order valence-electron chi connectivity index (χ1n) is 8.87. The molecule has 2 amide bonds. The number of nitrogens with zero attached hydrogens (tertiary/aromatic N) is 2. The Morgan fingerprint density at radius 3 is 2.60 bits per heavy atom. The third-order valence-electron chi connectivity index (χ3n) is 4.59. The van der Waals surface area contributed by atoms with E-state index in [2.05, 4.69) is 46.5 Å². The van der Waals surface area contributed by atoms with Crippen LogP contribution in [0.4, 0.5) is 10.6 Å². The maximum atomic E-state index is 11.9. The number of hydrogen-bond donors (Lipinski definition) is 2. The molecule has 3 heterocycles. The average Bonchev–Trinajstić information content (AvgIpc) is 3.05. The Balaban J connectivity index is 1.42. The van der Waals surface area contributed by atoms with Gasteiger partial charge in [-0.2, -0.15) is 0 Å². The number of amides is 2. The SMILES string of the molecule is Cc1ccc(CNC(=O)NCc2ccc(N3CCC(C)CC3)nc2)s1. The predicted octanol–water partition coefficient (Wildman–Crippen LogP) is 3.69. The number of pyridine rings is 1. The number of aryl methyl sites for hydroxylation is 1. The van der Waals surface area contributed by atoms with Gasteiger partial charge in [-0.3, -0.25) is 0 Å². The van der Waals surface area contributed by atoms with Crippen LogP contribution in [0.2, 0.25) is 0 Å². The smallest absolute Gasteiger partial charge is 0.315 e. The van der Waals surface area contributed by atoms with Crippen LogP contribution in [-0.4, -0.2) is 24.1 Å². The first-order chi connectivity index (χ1) is 12.1. The summed E-state index contributed by atoms with van der Waals surface area (Å²) in [4.78, 5) is 21.2. The first kappa shape index (κ1) is 17.7. The fourth-order valence-corrected chi connectivity index (χ4v) is 3.77. The lowest BCUT2D eigenvalue weighted by molar-refractivity contribution is 0.240. The summed E-state index contributed by atoms with van der Waals surface area (Å²) < 4.78 is 0. The van der Waals surface area contributed by atoms with Crippen LogP contribution in [0.25, 0.3) is 0 Å². The molecule has 1 aliphatic rings. The summed E-state index contributed by atoms with van der Waals surface area (Å²) >= 11 is 1.70. The van der Waals surface area contributed by atoms with Gasteiger partial charge in [0, 0.05) is 35.6 Å². The number of nitrogens with one attached hydrogen (secondary N) is 2. The molecule has 0 radical (unpaired) electrons. The minimum atomic E-state index is -0.153. The molecule has 2 aromatic heterocycles. The van der Waals surface area contributed by atoms with Gasteiger partial charge in [-0.25, -0.2) is 9.78 Å². The van der Waals surface area contributed by atoms with Gasteiger partial charge >= 0.3 is 6.03 Å². The summed E-state index contributed by atoms with van der Waals surface area (Å²) in [6, 6.07) is 8.06. The molecular formula is C19H26N4OS. The first-order valence-corrected chi connectivity index (χ1v) is 9.68. The summed E-state index contributed by atoms with van der Waals surface area (Å²) in [5.41, 5.74) is 1.01. The van der Waals surface area contributed by atoms with Crippen LogP contribution in [0.15, 0.2) is 30.5 Å². The second-order valence-corrected chi connectivity index (χ2v) is 8.12. The van der Waals surface area contributed by atoms with Crippen LogP contribution in [0.3, 0.4) is 0 Å². The van der Waals surface area contributed by atoms with Gasteiger partial charge in [0.25, 0.3) is 0 Å². The van der Waals surface area contributed by atoms with Gasteiger partial charge in [0.15, 0.2) is 0 Å². The lowest BCUT2D eigenvalue weighted by Crippen LogP contribution is -2.34. The van der Waals surface area contributed by atoms with Crippen LogP contribution in [0.1, 0.15) is 35.1 Å². The van der Waals surface area contributed by atoms with E-state index in [1.54, 1.807) is 11.3 Å². The Kier molecular flexibility index (Phi) is 5.91. The molecule has 0 saturated carbocycles. The van der Waals surface area contributed by atoms with Crippen molar-refractivity contribution in [3.05, 3.63) is 45.8 Å². The van der Waals surface area contributed by atoms with Gasteiger partial charge in [0.2, 0.25) is 0 Å². The number of anilines is 1. The molecule has 1 saturated heterocycles. The number of aromatic nitrogens is 1. The van der Waals surface area contributed by atoms with Crippen molar-refractivity contribution >= 4 is 23.2 Å². The Morgan fingerprint density at radius 2 is 1.96 bits per heavy atom. The lowest BCUT2D eigenvalue weighted by Gasteiger charge is -2.31. The third-order valence-corrected chi connectivity index (χ3v) is 5.59. The van der Waals surface area contributed by atoms with Crippen molar-refractivity contribution in [1.82, 2.24) is 15.6 Å². The van der Waals surface area contributed by atoms with E-state index < -0.39 is 0 Å². The molecule has 134 valence electrons. The van der Waals surface area contributed by atoms with Gasteiger partial charge in [-0.1, -0.05) is 13.0 Å². The summed E-state index contributed by atoms with van der Waals surface area (Å²) in [6.07, 6.45) is 4.32. The van der Waals surface area contributed by atoms with Crippen molar-refractivity contribution in [2.75, 3.05) is 18.0 Å². The molecule has 6 heteroatoms. The van der Waals surface area contributed by atoms with E-state index in [1.807, 2.05) is 18.3 Å². The molecule has 0 unspecified atom stereocenters. The topological polar surface area (TPSA) is 57.3 Å². The third kappa shape index (κ3) is 5.19. The predicted molar refractivity (Wildman–Crippen MR) is 103 cm³/mol. The van der Waals surface area contributed by atoms with Gasteiger partial charge < -0.3 is 15.5 Å². The van der Waals surface area contributed by atoms with E-state index in [-0.39, 0.29) is 6.03 Å². The zero-order valence-electron chi connectivity index (χ0n) is 14.9. The molecule has 0 atom stereocenters. The van der Waals surface area contributed by atoms with Crippen molar-refractivity contribution < 1.29 is 4.79 Å². The molecule has 0 bridgehead atoms. The molecule has 2 N–H and O–H groups in total. The van der Waals surface area contributed by atoms with E-state index in [0.717, 1.165) is 35.3 Å². The largest absolute Gasteiger partial charge is 0.357 e. The molecule has 0 spiro atoms. The zero-order chi connectivity index (χ0) is 17.6. The van der Waals surface area contributed by atoms with Crippen LogP contribution < -0.4 is 15.5 Å². The number of piperidine rings is 1.